The highest BCUT2D eigenvalue weighted by Gasteiger charge is 2.13. The Balaban J connectivity index is 1.90. The maximum Gasteiger partial charge on any atom is 0.303 e. The van der Waals surface area contributed by atoms with Gasteiger partial charge in [-0.15, -0.1) is 0 Å². The van der Waals surface area contributed by atoms with Crippen LogP contribution in [0, 0.1) is 0 Å². The Hall–Kier alpha value is -2.04. The first-order valence-corrected chi connectivity index (χ1v) is 6.42. The Bertz CT molecular complexity index is 484. The predicted molar refractivity (Wildman–Crippen MR) is 69.5 cm³/mol. The third-order valence-electron chi connectivity index (χ3n) is 3.02. The summed E-state index contributed by atoms with van der Waals surface area (Å²) in [5.74, 6) is -0.160. The fourth-order valence-corrected chi connectivity index (χ4v) is 2.05. The van der Waals surface area contributed by atoms with Crippen LogP contribution >= 0.6 is 0 Å². The topological polar surface area (TPSA) is 75.6 Å². The van der Waals surface area contributed by atoms with Crippen LogP contribution in [0.1, 0.15) is 35.2 Å². The minimum atomic E-state index is -0.847. The Morgan fingerprint density at radius 3 is 3.00 bits per heavy atom. The molecule has 102 valence electrons. The molecule has 0 aliphatic carbocycles. The normalized spacial score (nSPS) is 13.3. The second-order valence-electron chi connectivity index (χ2n) is 4.53. The first kappa shape index (κ1) is 13.4. The molecule has 1 heterocycles. The van der Waals surface area contributed by atoms with Crippen LogP contribution in [0.25, 0.3) is 0 Å². The van der Waals surface area contributed by atoms with Crippen LogP contribution in [0.15, 0.2) is 18.2 Å². The highest BCUT2D eigenvalue weighted by Crippen LogP contribution is 2.25. The molecule has 19 heavy (non-hydrogen) atoms. The molecule has 0 saturated heterocycles. The maximum atomic E-state index is 11.9. The standard InChI is InChI=1S/C14H17NO4/c16-13(17)4-1-7-15-14(18)11-5-6-12-10(9-11)3-2-8-19-12/h5-6,9H,1-4,7-8H2,(H,15,18)(H,16,17). The second kappa shape index (κ2) is 6.22. The van der Waals surface area contributed by atoms with E-state index in [-0.39, 0.29) is 12.3 Å². The van der Waals surface area contributed by atoms with Crippen LogP contribution in [-0.4, -0.2) is 30.1 Å². The zero-order valence-electron chi connectivity index (χ0n) is 10.6. The summed E-state index contributed by atoms with van der Waals surface area (Å²) in [5.41, 5.74) is 1.66. The lowest BCUT2D eigenvalue weighted by Gasteiger charge is -2.17. The van der Waals surface area contributed by atoms with Crippen molar-refractivity contribution in [1.82, 2.24) is 5.32 Å². The summed E-state index contributed by atoms with van der Waals surface area (Å²) < 4.78 is 5.49. The summed E-state index contributed by atoms with van der Waals surface area (Å²) in [6.45, 7) is 1.10. The van der Waals surface area contributed by atoms with Crippen LogP contribution in [0.4, 0.5) is 0 Å². The molecule has 1 aliphatic heterocycles. The number of carboxylic acids is 1. The van der Waals surface area contributed by atoms with Gasteiger partial charge in [0.15, 0.2) is 0 Å². The minimum Gasteiger partial charge on any atom is -0.493 e. The number of nitrogens with one attached hydrogen (secondary N) is 1. The quantitative estimate of drug-likeness (QED) is 0.791. The van der Waals surface area contributed by atoms with Gasteiger partial charge in [0.2, 0.25) is 0 Å². The van der Waals surface area contributed by atoms with Gasteiger partial charge in [-0.2, -0.15) is 0 Å². The third kappa shape index (κ3) is 3.71. The molecule has 0 radical (unpaired) electrons. The van der Waals surface area contributed by atoms with Gasteiger partial charge in [0, 0.05) is 18.5 Å². The summed E-state index contributed by atoms with van der Waals surface area (Å²) in [7, 11) is 0. The maximum absolute atomic E-state index is 11.9. The van der Waals surface area contributed by atoms with Crippen LogP contribution in [0.3, 0.4) is 0 Å². The molecule has 2 rings (SSSR count). The number of carboxylic acid groups (broad SMARTS) is 1. The minimum absolute atomic E-state index is 0.0678. The van der Waals surface area contributed by atoms with Gasteiger partial charge in [-0.1, -0.05) is 0 Å². The lowest BCUT2D eigenvalue weighted by Crippen LogP contribution is -2.25. The highest BCUT2D eigenvalue weighted by molar-refractivity contribution is 5.94. The molecule has 0 atom stereocenters. The van der Waals surface area contributed by atoms with E-state index >= 15 is 0 Å². The molecule has 0 unspecified atom stereocenters. The van der Waals surface area contributed by atoms with Gasteiger partial charge in [-0.3, -0.25) is 9.59 Å². The van der Waals surface area contributed by atoms with E-state index in [2.05, 4.69) is 5.32 Å². The van der Waals surface area contributed by atoms with Crippen molar-refractivity contribution in [2.45, 2.75) is 25.7 Å². The van der Waals surface area contributed by atoms with E-state index < -0.39 is 5.97 Å². The second-order valence-corrected chi connectivity index (χ2v) is 4.53. The molecule has 1 aromatic carbocycles. The molecular formula is C14H17NO4. The number of amides is 1. The molecule has 0 spiro atoms. The smallest absolute Gasteiger partial charge is 0.303 e. The average Bonchev–Trinajstić information content (AvgIpc) is 2.42. The molecule has 2 N–H and O–H groups in total. The number of aryl methyl sites for hydroxylation is 1. The first-order valence-electron chi connectivity index (χ1n) is 6.42. The fourth-order valence-electron chi connectivity index (χ4n) is 2.05. The van der Waals surface area contributed by atoms with E-state index in [1.165, 1.54) is 0 Å². The van der Waals surface area contributed by atoms with Crippen LogP contribution < -0.4 is 10.1 Å². The molecule has 5 nitrogen and oxygen atoms in total. The van der Waals surface area contributed by atoms with E-state index in [1.54, 1.807) is 6.07 Å². The molecule has 0 fully saturated rings. The number of carbonyl (C=O) groups excluding carboxylic acids is 1. The third-order valence-corrected chi connectivity index (χ3v) is 3.02. The number of aliphatic carboxylic acids is 1. The van der Waals surface area contributed by atoms with Crippen molar-refractivity contribution < 1.29 is 19.4 Å². The van der Waals surface area contributed by atoms with Gasteiger partial charge >= 0.3 is 5.97 Å². The number of carbonyl (C=O) groups is 2. The van der Waals surface area contributed by atoms with Crippen LogP contribution in [-0.2, 0) is 11.2 Å². The molecule has 5 heteroatoms. The molecule has 1 aliphatic rings. The Morgan fingerprint density at radius 1 is 1.37 bits per heavy atom. The van der Waals surface area contributed by atoms with Gasteiger partial charge in [0.05, 0.1) is 6.61 Å². The van der Waals surface area contributed by atoms with Gasteiger partial charge in [-0.25, -0.2) is 0 Å². The summed E-state index contributed by atoms with van der Waals surface area (Å²) >= 11 is 0. The molecule has 0 bridgehead atoms. The zero-order valence-corrected chi connectivity index (χ0v) is 10.6. The molecular weight excluding hydrogens is 246 g/mol. The van der Waals surface area contributed by atoms with Gasteiger partial charge in [-0.05, 0) is 43.0 Å². The van der Waals surface area contributed by atoms with E-state index in [9.17, 15) is 9.59 Å². The van der Waals surface area contributed by atoms with Gasteiger partial charge < -0.3 is 15.2 Å². The lowest BCUT2D eigenvalue weighted by atomic mass is 10.0. The summed E-state index contributed by atoms with van der Waals surface area (Å²) in [6.07, 6.45) is 2.40. The summed E-state index contributed by atoms with van der Waals surface area (Å²) in [4.78, 5) is 22.2. The van der Waals surface area contributed by atoms with E-state index in [4.69, 9.17) is 9.84 Å². The van der Waals surface area contributed by atoms with Gasteiger partial charge in [0.1, 0.15) is 5.75 Å². The molecule has 0 aromatic heterocycles. The summed E-state index contributed by atoms with van der Waals surface area (Å²) in [6, 6.07) is 5.40. The van der Waals surface area contributed by atoms with Crippen LogP contribution in [0.5, 0.6) is 5.75 Å². The van der Waals surface area contributed by atoms with Gasteiger partial charge in [0.25, 0.3) is 5.91 Å². The Labute approximate surface area is 111 Å². The first-order chi connectivity index (χ1) is 9.16. The van der Waals surface area contributed by atoms with Crippen molar-refractivity contribution in [2.75, 3.05) is 13.2 Å². The number of fused-ring (bicyclic) bond motifs is 1. The zero-order chi connectivity index (χ0) is 13.7. The molecule has 1 aromatic rings. The lowest BCUT2D eigenvalue weighted by molar-refractivity contribution is -0.137. The monoisotopic (exact) mass is 263 g/mol. The highest BCUT2D eigenvalue weighted by atomic mass is 16.5. The summed E-state index contributed by atoms with van der Waals surface area (Å²) in [5, 5.41) is 11.2. The average molecular weight is 263 g/mol. The number of rotatable bonds is 5. The van der Waals surface area contributed by atoms with Crippen molar-refractivity contribution in [3.63, 3.8) is 0 Å². The van der Waals surface area contributed by atoms with Crippen molar-refractivity contribution >= 4 is 11.9 Å². The number of hydrogen-bond acceptors (Lipinski definition) is 3. The van der Waals surface area contributed by atoms with E-state index in [0.29, 0.717) is 18.5 Å². The largest absolute Gasteiger partial charge is 0.493 e. The number of hydrogen-bond donors (Lipinski definition) is 2. The molecule has 0 saturated carbocycles. The van der Waals surface area contributed by atoms with E-state index in [1.807, 2.05) is 12.1 Å². The van der Waals surface area contributed by atoms with Crippen molar-refractivity contribution in [3.8, 4) is 5.75 Å². The van der Waals surface area contributed by atoms with Crippen LogP contribution in [0.2, 0.25) is 0 Å². The SMILES string of the molecule is O=C(O)CCCNC(=O)c1ccc2c(c1)CCCO2. The van der Waals surface area contributed by atoms with Crippen molar-refractivity contribution in [1.29, 1.82) is 0 Å². The van der Waals surface area contributed by atoms with Crippen molar-refractivity contribution in [3.05, 3.63) is 29.3 Å². The predicted octanol–water partition coefficient (Wildman–Crippen LogP) is 1.61. The van der Waals surface area contributed by atoms with E-state index in [0.717, 1.165) is 30.8 Å². The fraction of sp³-hybridized carbons (Fsp3) is 0.429. The van der Waals surface area contributed by atoms with Crippen molar-refractivity contribution in [2.24, 2.45) is 0 Å². The number of benzene rings is 1. The molecule has 1 amide bonds. The Morgan fingerprint density at radius 2 is 2.21 bits per heavy atom. The number of ether oxygens (including phenoxy) is 1. The Kier molecular flexibility index (Phi) is 4.39.